The normalized spacial score (nSPS) is 10.2. The molecule has 0 fully saturated rings. The fraction of sp³-hybridized carbons (Fsp3) is 0.263. The molecule has 0 aliphatic rings. The molecule has 0 bridgehead atoms. The maximum atomic E-state index is 12.7. The zero-order valence-electron chi connectivity index (χ0n) is 13.6. The van der Waals surface area contributed by atoms with Crippen LogP contribution in [0, 0.1) is 0 Å². The second-order valence-corrected chi connectivity index (χ2v) is 5.38. The number of hydrogen-bond acceptors (Lipinski definition) is 3. The molecule has 0 atom stereocenters. The zero-order chi connectivity index (χ0) is 17.4. The van der Waals surface area contributed by atoms with Crippen LogP contribution in [0.4, 0.5) is 0 Å². The van der Waals surface area contributed by atoms with E-state index in [1.165, 1.54) is 4.90 Å². The predicted octanol–water partition coefficient (Wildman–Crippen LogP) is 3.20. The van der Waals surface area contributed by atoms with Crippen molar-refractivity contribution in [1.29, 1.82) is 0 Å². The summed E-state index contributed by atoms with van der Waals surface area (Å²) in [5, 5.41) is 9.01. The molecule has 0 unspecified atom stereocenters. The average molecular weight is 327 g/mol. The second-order valence-electron chi connectivity index (χ2n) is 5.38. The van der Waals surface area contributed by atoms with Gasteiger partial charge in [-0.15, -0.1) is 0 Å². The molecule has 2 aromatic rings. The van der Waals surface area contributed by atoms with Crippen LogP contribution < -0.4 is 4.74 Å². The molecular weight excluding hydrogens is 306 g/mol. The minimum absolute atomic E-state index is 0.249. The van der Waals surface area contributed by atoms with Gasteiger partial charge in [0.1, 0.15) is 18.9 Å². The molecule has 1 N–H and O–H groups in total. The fourth-order valence-corrected chi connectivity index (χ4v) is 2.39. The number of para-hydroxylation sites is 1. The van der Waals surface area contributed by atoms with E-state index >= 15 is 0 Å². The molecule has 0 radical (unpaired) electrons. The van der Waals surface area contributed by atoms with Crippen LogP contribution in [-0.4, -0.2) is 35.0 Å². The number of ether oxygens (including phenoxy) is 1. The highest BCUT2D eigenvalue weighted by molar-refractivity contribution is 5.97. The molecule has 0 aromatic heterocycles. The summed E-state index contributed by atoms with van der Waals surface area (Å²) in [7, 11) is 0. The first-order valence-electron chi connectivity index (χ1n) is 7.88. The van der Waals surface area contributed by atoms with Crippen molar-refractivity contribution >= 4 is 11.9 Å². The van der Waals surface area contributed by atoms with Crippen molar-refractivity contribution in [1.82, 2.24) is 4.90 Å². The van der Waals surface area contributed by atoms with Gasteiger partial charge in [0, 0.05) is 17.7 Å². The second kappa shape index (κ2) is 8.72. The van der Waals surface area contributed by atoms with Crippen molar-refractivity contribution in [2.24, 2.45) is 0 Å². The number of carboxylic acid groups (broad SMARTS) is 1. The summed E-state index contributed by atoms with van der Waals surface area (Å²) in [5.74, 6) is -0.586. The maximum absolute atomic E-state index is 12.7. The third kappa shape index (κ3) is 4.84. The van der Waals surface area contributed by atoms with Gasteiger partial charge in [-0.3, -0.25) is 9.59 Å². The summed E-state index contributed by atoms with van der Waals surface area (Å²) >= 11 is 0. The Kier molecular flexibility index (Phi) is 6.37. The van der Waals surface area contributed by atoms with Crippen LogP contribution in [0.5, 0.6) is 5.75 Å². The Morgan fingerprint density at radius 2 is 1.71 bits per heavy atom. The van der Waals surface area contributed by atoms with Gasteiger partial charge < -0.3 is 14.7 Å². The molecule has 5 nitrogen and oxygen atoms in total. The molecule has 2 rings (SSSR count). The number of hydrogen-bond donors (Lipinski definition) is 1. The van der Waals surface area contributed by atoms with Crippen LogP contribution in [0.1, 0.15) is 29.3 Å². The van der Waals surface area contributed by atoms with E-state index in [0.29, 0.717) is 18.5 Å². The molecular formula is C19H21NO4. The van der Waals surface area contributed by atoms with Crippen molar-refractivity contribution in [3.63, 3.8) is 0 Å². The van der Waals surface area contributed by atoms with E-state index in [4.69, 9.17) is 9.84 Å². The SMILES string of the molecule is CCCN(CC(=O)O)C(=O)c1ccccc1COc1ccccc1. The summed E-state index contributed by atoms with van der Waals surface area (Å²) in [6.45, 7) is 2.26. The average Bonchev–Trinajstić information content (AvgIpc) is 2.60. The van der Waals surface area contributed by atoms with Crippen LogP contribution in [0.15, 0.2) is 54.6 Å². The Morgan fingerprint density at radius 3 is 2.38 bits per heavy atom. The number of nitrogens with zero attached hydrogens (tertiary/aromatic N) is 1. The molecule has 0 saturated heterocycles. The Labute approximate surface area is 141 Å². The van der Waals surface area contributed by atoms with Gasteiger partial charge in [-0.2, -0.15) is 0 Å². The van der Waals surface area contributed by atoms with Crippen LogP contribution in [0.3, 0.4) is 0 Å². The van der Waals surface area contributed by atoms with E-state index in [9.17, 15) is 9.59 Å². The van der Waals surface area contributed by atoms with Crippen molar-refractivity contribution < 1.29 is 19.4 Å². The first-order chi connectivity index (χ1) is 11.6. The van der Waals surface area contributed by atoms with Crippen molar-refractivity contribution in [2.75, 3.05) is 13.1 Å². The van der Waals surface area contributed by atoms with E-state index in [0.717, 1.165) is 11.3 Å². The maximum Gasteiger partial charge on any atom is 0.323 e. The van der Waals surface area contributed by atoms with Gasteiger partial charge in [0.25, 0.3) is 5.91 Å². The summed E-state index contributed by atoms with van der Waals surface area (Å²) < 4.78 is 5.72. The molecule has 0 heterocycles. The van der Waals surface area contributed by atoms with Crippen molar-refractivity contribution in [3.8, 4) is 5.75 Å². The molecule has 5 heteroatoms. The van der Waals surface area contributed by atoms with Gasteiger partial charge in [-0.05, 0) is 24.6 Å². The number of carboxylic acids is 1. The lowest BCUT2D eigenvalue weighted by Gasteiger charge is -2.21. The minimum atomic E-state index is -1.02. The number of amides is 1. The van der Waals surface area contributed by atoms with Crippen molar-refractivity contribution in [3.05, 3.63) is 65.7 Å². The number of aliphatic carboxylic acids is 1. The fourth-order valence-electron chi connectivity index (χ4n) is 2.39. The van der Waals surface area contributed by atoms with Crippen LogP contribution in [0.25, 0.3) is 0 Å². The molecule has 0 aliphatic carbocycles. The monoisotopic (exact) mass is 327 g/mol. The number of rotatable bonds is 8. The molecule has 24 heavy (non-hydrogen) atoms. The largest absolute Gasteiger partial charge is 0.489 e. The van der Waals surface area contributed by atoms with Gasteiger partial charge in [-0.1, -0.05) is 43.3 Å². The summed E-state index contributed by atoms with van der Waals surface area (Å²) in [4.78, 5) is 25.1. The Bertz CT molecular complexity index is 685. The predicted molar refractivity (Wildman–Crippen MR) is 91.0 cm³/mol. The van der Waals surface area contributed by atoms with E-state index in [1.807, 2.05) is 49.4 Å². The summed E-state index contributed by atoms with van der Waals surface area (Å²) in [6.07, 6.45) is 0.696. The molecule has 126 valence electrons. The minimum Gasteiger partial charge on any atom is -0.489 e. The smallest absolute Gasteiger partial charge is 0.323 e. The van der Waals surface area contributed by atoms with Crippen LogP contribution in [0.2, 0.25) is 0 Å². The number of benzene rings is 2. The molecule has 0 spiro atoms. The third-order valence-electron chi connectivity index (χ3n) is 3.49. The van der Waals surface area contributed by atoms with Crippen molar-refractivity contribution in [2.45, 2.75) is 20.0 Å². The standard InChI is InChI=1S/C19H21NO4/c1-2-12-20(13-18(21)22)19(23)17-11-7-6-8-15(17)14-24-16-9-4-3-5-10-16/h3-11H,2,12-14H2,1H3,(H,21,22). The lowest BCUT2D eigenvalue weighted by atomic mass is 10.1. The highest BCUT2D eigenvalue weighted by Crippen LogP contribution is 2.16. The summed E-state index contributed by atoms with van der Waals surface area (Å²) in [5.41, 5.74) is 1.21. The number of carbonyl (C=O) groups excluding carboxylic acids is 1. The third-order valence-corrected chi connectivity index (χ3v) is 3.49. The molecule has 0 saturated carbocycles. The highest BCUT2D eigenvalue weighted by atomic mass is 16.5. The van der Waals surface area contributed by atoms with Gasteiger partial charge in [0.05, 0.1) is 0 Å². The molecule has 1 amide bonds. The summed E-state index contributed by atoms with van der Waals surface area (Å²) in [6, 6.07) is 16.5. The highest BCUT2D eigenvalue weighted by Gasteiger charge is 2.20. The van der Waals surface area contributed by atoms with Crippen LogP contribution >= 0.6 is 0 Å². The van der Waals surface area contributed by atoms with Gasteiger partial charge in [0.2, 0.25) is 0 Å². The molecule has 2 aromatic carbocycles. The quantitative estimate of drug-likeness (QED) is 0.808. The lowest BCUT2D eigenvalue weighted by Crippen LogP contribution is -2.36. The Balaban J connectivity index is 2.17. The Hall–Kier alpha value is -2.82. The first-order valence-corrected chi connectivity index (χ1v) is 7.88. The Morgan fingerprint density at radius 1 is 1.04 bits per heavy atom. The van der Waals surface area contributed by atoms with Crippen LogP contribution in [-0.2, 0) is 11.4 Å². The topological polar surface area (TPSA) is 66.8 Å². The van der Waals surface area contributed by atoms with Gasteiger partial charge >= 0.3 is 5.97 Å². The lowest BCUT2D eigenvalue weighted by molar-refractivity contribution is -0.137. The van der Waals surface area contributed by atoms with E-state index in [2.05, 4.69) is 0 Å². The van der Waals surface area contributed by atoms with Gasteiger partial charge in [0.15, 0.2) is 0 Å². The van der Waals surface area contributed by atoms with E-state index in [1.54, 1.807) is 12.1 Å². The number of carbonyl (C=O) groups is 2. The zero-order valence-corrected chi connectivity index (χ0v) is 13.6. The first kappa shape index (κ1) is 17.5. The molecule has 0 aliphatic heterocycles. The van der Waals surface area contributed by atoms with E-state index < -0.39 is 5.97 Å². The van der Waals surface area contributed by atoms with E-state index in [-0.39, 0.29) is 19.1 Å². The van der Waals surface area contributed by atoms with Gasteiger partial charge in [-0.25, -0.2) is 0 Å².